The fourth-order valence-corrected chi connectivity index (χ4v) is 1.39. The van der Waals surface area contributed by atoms with Crippen molar-refractivity contribution in [1.82, 2.24) is 0 Å². The van der Waals surface area contributed by atoms with E-state index in [-0.39, 0.29) is 11.1 Å². The highest BCUT2D eigenvalue weighted by Gasteiger charge is 2.48. The number of hydrogen-bond acceptors (Lipinski definition) is 5. The first-order valence-electron chi connectivity index (χ1n) is 4.16. The van der Waals surface area contributed by atoms with Crippen molar-refractivity contribution < 1.29 is 25.8 Å². The fourth-order valence-electron chi connectivity index (χ4n) is 0.939. The summed E-state index contributed by atoms with van der Waals surface area (Å²) in [7, 11) is -5.79. The normalized spacial score (nSPS) is 11.4. The van der Waals surface area contributed by atoms with Gasteiger partial charge >= 0.3 is 15.6 Å². The second kappa shape index (κ2) is 4.55. The Labute approximate surface area is 99.8 Å². The standard InChI is InChI=1S/C9H3F3N2O3S/c10-9(11,12)18(15,16)17-8-2-1-6(4-13)7(3-8)5-14/h1-3H. The summed E-state index contributed by atoms with van der Waals surface area (Å²) in [5, 5.41) is 17.2. The molecule has 0 spiro atoms. The second-order valence-electron chi connectivity index (χ2n) is 2.91. The van der Waals surface area contributed by atoms with Gasteiger partial charge in [-0.3, -0.25) is 0 Å². The zero-order chi connectivity index (χ0) is 14.0. The predicted molar refractivity (Wildman–Crippen MR) is 51.5 cm³/mol. The largest absolute Gasteiger partial charge is 0.534 e. The minimum atomic E-state index is -5.79. The zero-order valence-corrected chi connectivity index (χ0v) is 9.21. The third-order valence-corrected chi connectivity index (χ3v) is 2.70. The summed E-state index contributed by atoms with van der Waals surface area (Å²) in [5.41, 5.74) is -5.95. The van der Waals surface area contributed by atoms with Gasteiger partial charge in [-0.15, -0.1) is 0 Å². The highest BCUT2D eigenvalue weighted by molar-refractivity contribution is 7.87. The van der Waals surface area contributed by atoms with Crippen LogP contribution in [0.2, 0.25) is 0 Å². The molecule has 1 aromatic carbocycles. The minimum absolute atomic E-state index is 0.103. The van der Waals surface area contributed by atoms with Gasteiger partial charge in [-0.25, -0.2) is 0 Å². The van der Waals surface area contributed by atoms with Gasteiger partial charge in [0.1, 0.15) is 17.9 Å². The van der Waals surface area contributed by atoms with Gasteiger partial charge in [-0.05, 0) is 12.1 Å². The number of halogens is 3. The summed E-state index contributed by atoms with van der Waals surface area (Å²) in [6, 6.07) is 5.72. The van der Waals surface area contributed by atoms with Crippen molar-refractivity contribution >= 4 is 10.1 Å². The Morgan fingerprint density at radius 3 is 2.11 bits per heavy atom. The molecule has 5 nitrogen and oxygen atoms in total. The molecule has 0 amide bonds. The predicted octanol–water partition coefficient (Wildman–Crippen LogP) is 1.66. The molecule has 0 unspecified atom stereocenters. The van der Waals surface area contributed by atoms with Gasteiger partial charge in [0.25, 0.3) is 0 Å². The van der Waals surface area contributed by atoms with Crippen molar-refractivity contribution in [3.05, 3.63) is 29.3 Å². The van der Waals surface area contributed by atoms with Gasteiger partial charge in [0.05, 0.1) is 11.1 Å². The zero-order valence-electron chi connectivity index (χ0n) is 8.39. The molecule has 18 heavy (non-hydrogen) atoms. The van der Waals surface area contributed by atoms with E-state index in [1.165, 1.54) is 6.07 Å². The summed E-state index contributed by atoms with van der Waals surface area (Å²) < 4.78 is 61.2. The Hall–Kier alpha value is -2.26. The Morgan fingerprint density at radius 1 is 1.11 bits per heavy atom. The molecule has 9 heteroatoms. The van der Waals surface area contributed by atoms with E-state index in [2.05, 4.69) is 4.18 Å². The first kappa shape index (κ1) is 13.8. The van der Waals surface area contributed by atoms with Crippen LogP contribution in [0.25, 0.3) is 0 Å². The number of nitrogens with zero attached hydrogens (tertiary/aromatic N) is 2. The van der Waals surface area contributed by atoms with E-state index < -0.39 is 21.4 Å². The van der Waals surface area contributed by atoms with Crippen LogP contribution in [0.3, 0.4) is 0 Å². The quantitative estimate of drug-likeness (QED) is 0.605. The molecule has 0 aliphatic heterocycles. The topological polar surface area (TPSA) is 90.9 Å². The monoisotopic (exact) mass is 276 g/mol. The lowest BCUT2D eigenvalue weighted by molar-refractivity contribution is -0.0500. The van der Waals surface area contributed by atoms with E-state index in [1.807, 2.05) is 0 Å². The highest BCUT2D eigenvalue weighted by atomic mass is 32.2. The Balaban J connectivity index is 3.17. The first-order valence-corrected chi connectivity index (χ1v) is 5.57. The van der Waals surface area contributed by atoms with E-state index in [0.29, 0.717) is 0 Å². The van der Waals surface area contributed by atoms with E-state index in [4.69, 9.17) is 10.5 Å². The van der Waals surface area contributed by atoms with Crippen molar-refractivity contribution in [1.29, 1.82) is 10.5 Å². The average Bonchev–Trinajstić information content (AvgIpc) is 2.26. The van der Waals surface area contributed by atoms with Gasteiger partial charge in [0.15, 0.2) is 0 Å². The van der Waals surface area contributed by atoms with Crippen molar-refractivity contribution in [3.8, 4) is 17.9 Å². The maximum absolute atomic E-state index is 12.0. The molecule has 0 heterocycles. The molecule has 0 bridgehead atoms. The number of rotatable bonds is 2. The molecule has 0 saturated carbocycles. The molecule has 1 rings (SSSR count). The van der Waals surface area contributed by atoms with Gasteiger partial charge in [-0.1, -0.05) is 0 Å². The number of alkyl halides is 3. The molecule has 94 valence electrons. The molecular weight excluding hydrogens is 273 g/mol. The van der Waals surface area contributed by atoms with Gasteiger partial charge in [0, 0.05) is 6.07 Å². The lowest BCUT2D eigenvalue weighted by Crippen LogP contribution is -2.28. The lowest BCUT2D eigenvalue weighted by Gasteiger charge is -2.09. The van der Waals surface area contributed by atoms with Crippen molar-refractivity contribution in [2.24, 2.45) is 0 Å². The summed E-state index contributed by atoms with van der Waals surface area (Å²) in [6.45, 7) is 0. The first-order chi connectivity index (χ1) is 8.21. The molecule has 0 radical (unpaired) electrons. The Kier molecular flexibility index (Phi) is 3.49. The minimum Gasteiger partial charge on any atom is -0.376 e. The van der Waals surface area contributed by atoms with Crippen LogP contribution in [0.15, 0.2) is 18.2 Å². The Morgan fingerprint density at radius 2 is 1.67 bits per heavy atom. The van der Waals surface area contributed by atoms with Crippen LogP contribution in [0.4, 0.5) is 13.2 Å². The second-order valence-corrected chi connectivity index (χ2v) is 4.45. The maximum Gasteiger partial charge on any atom is 0.534 e. The maximum atomic E-state index is 12.0. The van der Waals surface area contributed by atoms with E-state index in [1.54, 1.807) is 6.07 Å². The van der Waals surface area contributed by atoms with Gasteiger partial charge in [0.2, 0.25) is 0 Å². The van der Waals surface area contributed by atoms with E-state index >= 15 is 0 Å². The van der Waals surface area contributed by atoms with Crippen molar-refractivity contribution in [2.75, 3.05) is 0 Å². The van der Waals surface area contributed by atoms with Crippen LogP contribution in [0.5, 0.6) is 5.75 Å². The number of hydrogen-bond donors (Lipinski definition) is 0. The molecular formula is C9H3F3N2O3S. The molecule has 0 fully saturated rings. The van der Waals surface area contributed by atoms with Crippen LogP contribution >= 0.6 is 0 Å². The molecule has 1 aromatic rings. The molecule has 0 aliphatic carbocycles. The van der Waals surface area contributed by atoms with Crippen LogP contribution in [-0.2, 0) is 10.1 Å². The third kappa shape index (κ3) is 2.70. The summed E-state index contributed by atoms with van der Waals surface area (Å²) in [4.78, 5) is 0. The average molecular weight is 276 g/mol. The molecule has 0 saturated heterocycles. The van der Waals surface area contributed by atoms with Gasteiger partial charge in [-0.2, -0.15) is 32.1 Å². The summed E-state index contributed by atoms with van der Waals surface area (Å²) in [5.74, 6) is -0.692. The van der Waals surface area contributed by atoms with Crippen LogP contribution in [-0.4, -0.2) is 13.9 Å². The third-order valence-electron chi connectivity index (χ3n) is 1.72. The summed E-state index contributed by atoms with van der Waals surface area (Å²) >= 11 is 0. The van der Waals surface area contributed by atoms with Crippen molar-refractivity contribution in [2.45, 2.75) is 5.51 Å². The number of nitriles is 2. The van der Waals surface area contributed by atoms with E-state index in [9.17, 15) is 21.6 Å². The van der Waals surface area contributed by atoms with Crippen LogP contribution in [0.1, 0.15) is 11.1 Å². The van der Waals surface area contributed by atoms with Crippen LogP contribution < -0.4 is 4.18 Å². The van der Waals surface area contributed by atoms with Crippen molar-refractivity contribution in [3.63, 3.8) is 0 Å². The smallest absolute Gasteiger partial charge is 0.376 e. The molecule has 0 N–H and O–H groups in total. The molecule has 0 aromatic heterocycles. The summed E-state index contributed by atoms with van der Waals surface area (Å²) in [6.07, 6.45) is 0. The van der Waals surface area contributed by atoms with Gasteiger partial charge < -0.3 is 4.18 Å². The molecule has 0 aliphatic rings. The lowest BCUT2D eigenvalue weighted by atomic mass is 10.1. The van der Waals surface area contributed by atoms with E-state index in [0.717, 1.165) is 18.2 Å². The number of benzene rings is 1. The molecule has 0 atom stereocenters. The Bertz CT molecular complexity index is 653. The SMILES string of the molecule is N#Cc1ccc(OS(=O)(=O)C(F)(F)F)cc1C#N. The van der Waals surface area contributed by atoms with Crippen LogP contribution in [0, 0.1) is 22.7 Å². The fraction of sp³-hybridized carbons (Fsp3) is 0.111. The highest BCUT2D eigenvalue weighted by Crippen LogP contribution is 2.27.